The average Bonchev–Trinajstić information content (AvgIpc) is 2.43. The molecule has 1 saturated carbocycles. The van der Waals surface area contributed by atoms with Gasteiger partial charge in [0, 0.05) is 25.4 Å². The second kappa shape index (κ2) is 5.75. The normalized spacial score (nSPS) is 17.5. The molecule has 130 valence electrons. The summed E-state index contributed by atoms with van der Waals surface area (Å²) in [5, 5.41) is 0.183. The minimum Gasteiger partial charge on any atom is -0.291 e. The molecule has 0 atom stereocenters. The highest BCUT2D eigenvalue weighted by Gasteiger charge is 2.45. The van der Waals surface area contributed by atoms with Gasteiger partial charge in [-0.2, -0.15) is 0 Å². The van der Waals surface area contributed by atoms with Crippen LogP contribution >= 0.6 is 15.9 Å². The molecule has 0 aliphatic heterocycles. The van der Waals surface area contributed by atoms with Crippen molar-refractivity contribution in [3.05, 3.63) is 43.3 Å². The van der Waals surface area contributed by atoms with Gasteiger partial charge in [0.25, 0.3) is 5.56 Å². The SMILES string of the molecule is CC(C)n1c(=O)n(CC2CC(F)(F)C2)c(=O)c2cc(Br)c(F)cc21. The number of hydrogen-bond donors (Lipinski definition) is 0. The molecular formula is C16H16BrF3N2O2. The fourth-order valence-corrected chi connectivity index (χ4v) is 3.55. The fourth-order valence-electron chi connectivity index (χ4n) is 3.20. The lowest BCUT2D eigenvalue weighted by Crippen LogP contribution is -2.46. The molecule has 0 N–H and O–H groups in total. The largest absolute Gasteiger partial charge is 0.331 e. The maximum Gasteiger partial charge on any atom is 0.331 e. The van der Waals surface area contributed by atoms with Gasteiger partial charge in [-0.25, -0.2) is 18.0 Å². The standard InChI is InChI=1S/C16H16BrF3N2O2/c1-8(2)22-13-4-12(18)11(17)3-10(13)14(23)21(15(22)24)7-9-5-16(19,20)6-9/h3-4,8-9H,5-7H2,1-2H3. The summed E-state index contributed by atoms with van der Waals surface area (Å²) in [6.45, 7) is 3.44. The molecule has 0 bridgehead atoms. The van der Waals surface area contributed by atoms with E-state index in [4.69, 9.17) is 0 Å². The van der Waals surface area contributed by atoms with Crippen LogP contribution in [0.3, 0.4) is 0 Å². The van der Waals surface area contributed by atoms with E-state index < -0.39 is 28.9 Å². The molecule has 0 radical (unpaired) electrons. The summed E-state index contributed by atoms with van der Waals surface area (Å²) < 4.78 is 42.4. The van der Waals surface area contributed by atoms with Crippen LogP contribution in [0.25, 0.3) is 10.9 Å². The number of halogens is 4. The van der Waals surface area contributed by atoms with Crippen molar-refractivity contribution < 1.29 is 13.2 Å². The third-order valence-corrected chi connectivity index (χ3v) is 4.95. The minimum absolute atomic E-state index is 0.0507. The first-order chi connectivity index (χ1) is 11.1. The zero-order valence-electron chi connectivity index (χ0n) is 13.2. The number of nitrogens with zero attached hydrogens (tertiary/aromatic N) is 2. The third kappa shape index (κ3) is 2.81. The summed E-state index contributed by atoms with van der Waals surface area (Å²) >= 11 is 3.04. The van der Waals surface area contributed by atoms with Crippen molar-refractivity contribution in [1.29, 1.82) is 0 Å². The first-order valence-electron chi connectivity index (χ1n) is 7.62. The van der Waals surface area contributed by atoms with Gasteiger partial charge in [0.15, 0.2) is 0 Å². The van der Waals surface area contributed by atoms with Gasteiger partial charge in [0.05, 0.1) is 15.4 Å². The maximum absolute atomic E-state index is 13.9. The van der Waals surface area contributed by atoms with Crippen LogP contribution in [0.4, 0.5) is 13.2 Å². The van der Waals surface area contributed by atoms with E-state index in [0.717, 1.165) is 10.6 Å². The summed E-state index contributed by atoms with van der Waals surface area (Å²) in [7, 11) is 0. The van der Waals surface area contributed by atoms with Gasteiger partial charge < -0.3 is 0 Å². The molecule has 1 aromatic carbocycles. The zero-order valence-corrected chi connectivity index (χ0v) is 14.7. The Bertz CT molecular complexity index is 926. The predicted octanol–water partition coefficient (Wildman–Crippen LogP) is 3.69. The molecule has 0 unspecified atom stereocenters. The van der Waals surface area contributed by atoms with Gasteiger partial charge in [-0.15, -0.1) is 0 Å². The van der Waals surface area contributed by atoms with Gasteiger partial charge in [-0.3, -0.25) is 13.9 Å². The van der Waals surface area contributed by atoms with Crippen LogP contribution in [0, 0.1) is 11.7 Å². The molecule has 24 heavy (non-hydrogen) atoms. The molecule has 8 heteroatoms. The van der Waals surface area contributed by atoms with E-state index in [1.807, 2.05) is 0 Å². The van der Waals surface area contributed by atoms with Crippen molar-refractivity contribution in [3.8, 4) is 0 Å². The maximum atomic E-state index is 13.9. The van der Waals surface area contributed by atoms with Crippen molar-refractivity contribution in [2.24, 2.45) is 5.92 Å². The van der Waals surface area contributed by atoms with Crippen LogP contribution < -0.4 is 11.2 Å². The number of benzene rings is 1. The predicted molar refractivity (Wildman–Crippen MR) is 88.2 cm³/mol. The first kappa shape index (κ1) is 17.3. The molecular weight excluding hydrogens is 389 g/mol. The number of rotatable bonds is 3. The molecule has 4 nitrogen and oxygen atoms in total. The van der Waals surface area contributed by atoms with Gasteiger partial charge in [0.2, 0.25) is 5.92 Å². The average molecular weight is 405 g/mol. The smallest absolute Gasteiger partial charge is 0.291 e. The van der Waals surface area contributed by atoms with Crippen LogP contribution in [0.1, 0.15) is 32.7 Å². The third-order valence-electron chi connectivity index (χ3n) is 4.34. The zero-order chi connectivity index (χ0) is 17.8. The molecule has 1 aromatic heterocycles. The highest BCUT2D eigenvalue weighted by Crippen LogP contribution is 2.42. The van der Waals surface area contributed by atoms with Crippen molar-refractivity contribution in [2.45, 2.75) is 45.2 Å². The molecule has 0 spiro atoms. The van der Waals surface area contributed by atoms with E-state index in [9.17, 15) is 22.8 Å². The molecule has 0 saturated heterocycles. The van der Waals surface area contributed by atoms with E-state index in [1.54, 1.807) is 13.8 Å². The summed E-state index contributed by atoms with van der Waals surface area (Å²) in [5.41, 5.74) is -0.974. The van der Waals surface area contributed by atoms with Crippen LogP contribution in [0.15, 0.2) is 26.2 Å². The highest BCUT2D eigenvalue weighted by molar-refractivity contribution is 9.10. The van der Waals surface area contributed by atoms with E-state index in [0.29, 0.717) is 0 Å². The molecule has 3 rings (SSSR count). The Kier molecular flexibility index (Phi) is 4.14. The Morgan fingerprint density at radius 1 is 1.29 bits per heavy atom. The van der Waals surface area contributed by atoms with Crippen molar-refractivity contribution in [1.82, 2.24) is 9.13 Å². The molecule has 1 heterocycles. The fraction of sp³-hybridized carbons (Fsp3) is 0.500. The number of aromatic nitrogens is 2. The Morgan fingerprint density at radius 3 is 2.46 bits per heavy atom. The van der Waals surface area contributed by atoms with E-state index >= 15 is 0 Å². The first-order valence-corrected chi connectivity index (χ1v) is 8.42. The molecule has 1 aliphatic rings. The van der Waals surface area contributed by atoms with Gasteiger partial charge in [0.1, 0.15) is 5.82 Å². The molecule has 1 aliphatic carbocycles. The lowest BCUT2D eigenvalue weighted by Gasteiger charge is -2.35. The van der Waals surface area contributed by atoms with Crippen LogP contribution in [-0.2, 0) is 6.54 Å². The van der Waals surface area contributed by atoms with Crippen LogP contribution in [-0.4, -0.2) is 15.1 Å². The van der Waals surface area contributed by atoms with E-state index in [1.165, 1.54) is 10.6 Å². The Balaban J connectivity index is 2.21. The molecule has 1 fully saturated rings. The topological polar surface area (TPSA) is 44.0 Å². The Labute approximate surface area is 144 Å². The van der Waals surface area contributed by atoms with Gasteiger partial charge in [-0.05, 0) is 47.8 Å². The van der Waals surface area contributed by atoms with Crippen molar-refractivity contribution >= 4 is 26.8 Å². The van der Waals surface area contributed by atoms with Crippen molar-refractivity contribution in [3.63, 3.8) is 0 Å². The monoisotopic (exact) mass is 404 g/mol. The van der Waals surface area contributed by atoms with Crippen LogP contribution in [0.5, 0.6) is 0 Å². The number of hydrogen-bond acceptors (Lipinski definition) is 2. The summed E-state index contributed by atoms with van der Waals surface area (Å²) in [5.74, 6) is -3.70. The van der Waals surface area contributed by atoms with Crippen LogP contribution in [0.2, 0.25) is 0 Å². The Morgan fingerprint density at radius 2 is 1.92 bits per heavy atom. The minimum atomic E-state index is -2.71. The molecule has 2 aromatic rings. The summed E-state index contributed by atoms with van der Waals surface area (Å²) in [6, 6.07) is 2.16. The highest BCUT2D eigenvalue weighted by atomic mass is 79.9. The van der Waals surface area contributed by atoms with Crippen molar-refractivity contribution in [2.75, 3.05) is 0 Å². The summed E-state index contributed by atoms with van der Waals surface area (Å²) in [6.07, 6.45) is -0.655. The van der Waals surface area contributed by atoms with Gasteiger partial charge >= 0.3 is 5.69 Å². The lowest BCUT2D eigenvalue weighted by atomic mass is 9.81. The van der Waals surface area contributed by atoms with E-state index in [2.05, 4.69) is 15.9 Å². The second-order valence-corrected chi connectivity index (χ2v) is 7.43. The summed E-state index contributed by atoms with van der Waals surface area (Å²) in [4.78, 5) is 25.3. The number of fused-ring (bicyclic) bond motifs is 1. The lowest BCUT2D eigenvalue weighted by molar-refractivity contribution is -0.114. The van der Waals surface area contributed by atoms with E-state index in [-0.39, 0.29) is 40.8 Å². The quantitative estimate of drug-likeness (QED) is 0.782. The molecule has 0 amide bonds. The Hall–Kier alpha value is -1.57. The number of alkyl halides is 2. The second-order valence-electron chi connectivity index (χ2n) is 6.58. The van der Waals surface area contributed by atoms with Gasteiger partial charge in [-0.1, -0.05) is 0 Å².